The van der Waals surface area contributed by atoms with Crippen LogP contribution in [0.5, 0.6) is 0 Å². The number of fused-ring (bicyclic) bond motifs is 1. The van der Waals surface area contributed by atoms with Gasteiger partial charge in [-0.3, -0.25) is 14.4 Å². The van der Waals surface area contributed by atoms with Gasteiger partial charge in [0.1, 0.15) is 0 Å². The van der Waals surface area contributed by atoms with E-state index >= 15 is 0 Å². The lowest BCUT2D eigenvalue weighted by Crippen LogP contribution is -2.41. The molecule has 1 amide bonds. The highest BCUT2D eigenvalue weighted by molar-refractivity contribution is 7.92. The van der Waals surface area contributed by atoms with Crippen LogP contribution in [0.25, 0.3) is 22.0 Å². The molecule has 8 nitrogen and oxygen atoms in total. The summed E-state index contributed by atoms with van der Waals surface area (Å²) in [5.41, 5.74) is 5.29. The molecular weight excluding hydrogens is 548 g/mol. The highest BCUT2D eigenvalue weighted by Gasteiger charge is 2.20. The van der Waals surface area contributed by atoms with Crippen molar-refractivity contribution in [2.24, 2.45) is 0 Å². The topological polar surface area (TPSA) is 104 Å². The lowest BCUT2D eigenvalue weighted by Gasteiger charge is -2.26. The van der Waals surface area contributed by atoms with E-state index in [9.17, 15) is 13.2 Å². The highest BCUT2D eigenvalue weighted by atomic mass is 32.2. The first-order valence-electron chi connectivity index (χ1n) is 14.5. The molecule has 0 saturated carbocycles. The lowest BCUT2D eigenvalue weighted by molar-refractivity contribution is -0.121. The first-order chi connectivity index (χ1) is 20.1. The third-order valence-corrected chi connectivity index (χ3v) is 9.07. The third-order valence-electron chi connectivity index (χ3n) is 7.68. The molecule has 3 aromatic carbocycles. The Morgan fingerprint density at radius 3 is 2.38 bits per heavy atom. The number of morpholine rings is 1. The fraction of sp³-hybridized carbons (Fsp3) is 0.364. The van der Waals surface area contributed by atoms with Crippen molar-refractivity contribution in [2.75, 3.05) is 44.1 Å². The summed E-state index contributed by atoms with van der Waals surface area (Å²) in [5.74, 6) is 0.00635. The summed E-state index contributed by atoms with van der Waals surface area (Å²) in [6.45, 7) is 11.0. The summed E-state index contributed by atoms with van der Waals surface area (Å²) in [5, 5.41) is 3.94. The van der Waals surface area contributed by atoms with E-state index in [4.69, 9.17) is 4.74 Å². The molecule has 222 valence electrons. The van der Waals surface area contributed by atoms with Crippen LogP contribution < -0.4 is 10.0 Å². The van der Waals surface area contributed by atoms with E-state index in [-0.39, 0.29) is 16.2 Å². The highest BCUT2D eigenvalue weighted by Crippen LogP contribution is 2.35. The van der Waals surface area contributed by atoms with Crippen LogP contribution in [0.15, 0.2) is 77.7 Å². The van der Waals surface area contributed by atoms with Gasteiger partial charge in [0, 0.05) is 60.4 Å². The van der Waals surface area contributed by atoms with Gasteiger partial charge in [0.15, 0.2) is 0 Å². The molecule has 0 bridgehead atoms. The zero-order chi connectivity index (χ0) is 29.7. The Bertz CT molecular complexity index is 1620. The van der Waals surface area contributed by atoms with E-state index in [0.29, 0.717) is 25.1 Å². The number of anilines is 1. The molecule has 1 fully saturated rings. The number of ether oxygens (including phenoxy) is 1. The van der Waals surface area contributed by atoms with Crippen LogP contribution >= 0.6 is 0 Å². The van der Waals surface area contributed by atoms with Gasteiger partial charge in [-0.05, 0) is 53.3 Å². The van der Waals surface area contributed by atoms with Crippen LogP contribution in [0.3, 0.4) is 0 Å². The normalized spacial score (nSPS) is 14.6. The number of benzene rings is 3. The molecule has 1 saturated heterocycles. The summed E-state index contributed by atoms with van der Waals surface area (Å²) in [7, 11) is -3.78. The number of aromatic amines is 1. The van der Waals surface area contributed by atoms with Gasteiger partial charge in [-0.1, -0.05) is 63.2 Å². The van der Waals surface area contributed by atoms with Gasteiger partial charge in [-0.2, -0.15) is 0 Å². The van der Waals surface area contributed by atoms with Crippen molar-refractivity contribution >= 4 is 32.5 Å². The fourth-order valence-corrected chi connectivity index (χ4v) is 6.34. The molecule has 1 aromatic heterocycles. The van der Waals surface area contributed by atoms with Gasteiger partial charge in [-0.25, -0.2) is 8.42 Å². The van der Waals surface area contributed by atoms with Gasteiger partial charge < -0.3 is 15.0 Å². The number of rotatable bonds is 10. The molecule has 1 aliphatic heterocycles. The molecule has 5 rings (SSSR count). The van der Waals surface area contributed by atoms with Crippen molar-refractivity contribution in [1.29, 1.82) is 0 Å². The molecule has 0 atom stereocenters. The molecule has 0 spiro atoms. The minimum Gasteiger partial charge on any atom is -0.379 e. The van der Waals surface area contributed by atoms with Crippen LogP contribution in [-0.4, -0.2) is 63.6 Å². The summed E-state index contributed by atoms with van der Waals surface area (Å²) >= 11 is 0. The van der Waals surface area contributed by atoms with Crippen LogP contribution in [0, 0.1) is 0 Å². The van der Waals surface area contributed by atoms with Gasteiger partial charge in [0.2, 0.25) is 5.91 Å². The lowest BCUT2D eigenvalue weighted by atomic mass is 9.87. The van der Waals surface area contributed by atoms with E-state index in [2.05, 4.69) is 40.7 Å². The summed E-state index contributed by atoms with van der Waals surface area (Å²) in [6.07, 6.45) is 0.878. The molecule has 0 unspecified atom stereocenters. The Labute approximate surface area is 248 Å². The first kappa shape index (κ1) is 29.8. The maximum Gasteiger partial charge on any atom is 0.261 e. The van der Waals surface area contributed by atoms with Crippen molar-refractivity contribution < 1.29 is 17.9 Å². The number of carbonyl (C=O) groups is 1. The van der Waals surface area contributed by atoms with Crippen molar-refractivity contribution in [2.45, 2.75) is 43.9 Å². The molecule has 42 heavy (non-hydrogen) atoms. The molecule has 9 heteroatoms. The number of carbonyl (C=O) groups excluding carboxylic acids is 1. The number of amides is 1. The third kappa shape index (κ3) is 7.21. The number of hydrogen-bond donors (Lipinski definition) is 3. The number of aryl methyl sites for hydroxylation is 1. The number of aromatic nitrogens is 1. The van der Waals surface area contributed by atoms with Crippen molar-refractivity contribution in [3.8, 4) is 11.1 Å². The van der Waals surface area contributed by atoms with Crippen molar-refractivity contribution in [1.82, 2.24) is 15.2 Å². The van der Waals surface area contributed by atoms with E-state index in [1.165, 1.54) is 0 Å². The number of H-pyrrole nitrogens is 1. The zero-order valence-corrected chi connectivity index (χ0v) is 25.4. The Morgan fingerprint density at radius 2 is 1.69 bits per heavy atom. The van der Waals surface area contributed by atoms with E-state index < -0.39 is 10.0 Å². The van der Waals surface area contributed by atoms with Crippen molar-refractivity contribution in [3.63, 3.8) is 0 Å². The SMILES string of the molecule is CC(C)(C)c1ccc(S(=O)(=O)Nc2ccc3[nH]c(CCC(=O)NCCN4CCOCC4)c(-c4ccccc4)c3c2)cc1. The van der Waals surface area contributed by atoms with Crippen LogP contribution in [0.4, 0.5) is 5.69 Å². The first-order valence-corrected chi connectivity index (χ1v) is 16.0. The van der Waals surface area contributed by atoms with Gasteiger partial charge in [0.05, 0.1) is 18.1 Å². The Kier molecular flexibility index (Phi) is 9.01. The smallest absolute Gasteiger partial charge is 0.261 e. The van der Waals surface area contributed by atoms with E-state index in [1.54, 1.807) is 18.2 Å². The van der Waals surface area contributed by atoms with E-state index in [1.807, 2.05) is 54.6 Å². The summed E-state index contributed by atoms with van der Waals surface area (Å²) < 4.78 is 34.6. The van der Waals surface area contributed by atoms with Crippen LogP contribution in [-0.2, 0) is 31.4 Å². The van der Waals surface area contributed by atoms with Crippen LogP contribution in [0.1, 0.15) is 38.4 Å². The monoisotopic (exact) mass is 588 g/mol. The molecule has 4 aromatic rings. The summed E-state index contributed by atoms with van der Waals surface area (Å²) in [6, 6.07) is 22.5. The quantitative estimate of drug-likeness (QED) is 0.233. The number of nitrogens with zero attached hydrogens (tertiary/aromatic N) is 1. The minimum absolute atomic E-state index is 0.00635. The minimum atomic E-state index is -3.78. The maximum atomic E-state index is 13.3. The second kappa shape index (κ2) is 12.7. The van der Waals surface area contributed by atoms with Crippen LogP contribution in [0.2, 0.25) is 0 Å². The number of sulfonamides is 1. The Balaban J connectivity index is 1.34. The molecule has 0 aliphatic carbocycles. The van der Waals surface area contributed by atoms with Gasteiger partial charge >= 0.3 is 0 Å². The van der Waals surface area contributed by atoms with Gasteiger partial charge in [-0.15, -0.1) is 0 Å². The van der Waals surface area contributed by atoms with Crippen molar-refractivity contribution in [3.05, 3.63) is 84.1 Å². The van der Waals surface area contributed by atoms with E-state index in [0.717, 1.165) is 66.1 Å². The average Bonchev–Trinajstić information content (AvgIpc) is 3.34. The number of hydrogen-bond acceptors (Lipinski definition) is 5. The standard InChI is InChI=1S/C33H40N4O4S/c1-33(2,3)25-9-12-27(13-10-25)42(39,40)36-26-11-14-29-28(23-26)32(24-7-5-4-6-8-24)30(35-29)15-16-31(38)34-17-18-37-19-21-41-22-20-37/h4-14,23,35-36H,15-22H2,1-3H3,(H,34,38). The molecular formula is C33H40N4O4S. The average molecular weight is 589 g/mol. The predicted octanol–water partition coefficient (Wildman–Crippen LogP) is 5.31. The predicted molar refractivity (Wildman–Crippen MR) is 168 cm³/mol. The maximum absolute atomic E-state index is 13.3. The second-order valence-corrected chi connectivity index (χ2v) is 13.5. The summed E-state index contributed by atoms with van der Waals surface area (Å²) in [4.78, 5) is 18.7. The number of nitrogens with one attached hydrogen (secondary N) is 3. The molecule has 2 heterocycles. The zero-order valence-electron chi connectivity index (χ0n) is 24.6. The largest absolute Gasteiger partial charge is 0.379 e. The molecule has 3 N–H and O–H groups in total. The molecule has 1 aliphatic rings. The Morgan fingerprint density at radius 1 is 0.976 bits per heavy atom. The Hall–Kier alpha value is -3.66. The fourth-order valence-electron chi connectivity index (χ4n) is 5.29. The van der Waals surface area contributed by atoms with Gasteiger partial charge in [0.25, 0.3) is 10.0 Å². The second-order valence-electron chi connectivity index (χ2n) is 11.8. The molecule has 0 radical (unpaired) electrons.